The first kappa shape index (κ1) is 16.6. The summed E-state index contributed by atoms with van der Waals surface area (Å²) in [5.74, 6) is 0.385. The second-order valence-corrected chi connectivity index (χ2v) is 9.22. The van der Waals surface area contributed by atoms with Crippen LogP contribution >= 0.6 is 0 Å². The fraction of sp³-hybridized carbons (Fsp3) is 0.207. The maximum absolute atomic E-state index is 14.1. The van der Waals surface area contributed by atoms with Gasteiger partial charge in [-0.3, -0.25) is 4.79 Å². The number of benzene rings is 3. The van der Waals surface area contributed by atoms with E-state index in [9.17, 15) is 4.79 Å². The number of ketones is 1. The van der Waals surface area contributed by atoms with Crippen LogP contribution in [0.4, 0.5) is 0 Å². The molecular formula is C29H22O. The predicted octanol–water partition coefficient (Wildman–Crippen LogP) is 6.03. The molecule has 4 aliphatic carbocycles. The number of aryl methyl sites for hydroxylation is 1. The number of hydrogen-bond donors (Lipinski definition) is 0. The van der Waals surface area contributed by atoms with E-state index in [4.69, 9.17) is 0 Å². The molecule has 0 spiro atoms. The van der Waals surface area contributed by atoms with Crippen LogP contribution in [0.15, 0.2) is 84.0 Å². The number of hydrogen-bond acceptors (Lipinski definition) is 1. The lowest BCUT2D eigenvalue weighted by atomic mass is 9.58. The third kappa shape index (κ3) is 1.96. The van der Waals surface area contributed by atoms with Crippen LogP contribution in [-0.4, -0.2) is 5.78 Å². The Kier molecular flexibility index (Phi) is 3.15. The Bertz CT molecular complexity index is 1320. The van der Waals surface area contributed by atoms with Crippen LogP contribution < -0.4 is 0 Å². The van der Waals surface area contributed by atoms with Crippen LogP contribution in [0, 0.1) is 6.92 Å². The van der Waals surface area contributed by atoms with Gasteiger partial charge in [-0.15, -0.1) is 0 Å². The van der Waals surface area contributed by atoms with Gasteiger partial charge in [0.1, 0.15) is 0 Å². The van der Waals surface area contributed by atoms with Gasteiger partial charge < -0.3 is 0 Å². The average molecular weight is 386 g/mol. The first-order valence-electron chi connectivity index (χ1n) is 11.0. The largest absolute Gasteiger partial charge is 0.298 e. The SMILES string of the molecule is Cc1cc2c3c(c1)CC1=C4C(C(=O)C(c5ccccc5)C(=CC2)C43)c2ccccc21. The smallest absolute Gasteiger partial charge is 0.155 e. The van der Waals surface area contributed by atoms with Crippen LogP contribution in [0.3, 0.4) is 0 Å². The quantitative estimate of drug-likeness (QED) is 0.466. The normalized spacial score (nSPS) is 25.0. The molecule has 7 rings (SSSR count). The van der Waals surface area contributed by atoms with Gasteiger partial charge in [-0.1, -0.05) is 78.4 Å². The molecule has 1 fully saturated rings. The lowest BCUT2D eigenvalue weighted by molar-refractivity contribution is -0.121. The molecule has 0 heterocycles. The topological polar surface area (TPSA) is 17.1 Å². The number of rotatable bonds is 1. The minimum absolute atomic E-state index is 0.0936. The summed E-state index contributed by atoms with van der Waals surface area (Å²) in [6.07, 6.45) is 4.27. The van der Waals surface area contributed by atoms with Crippen molar-refractivity contribution < 1.29 is 4.79 Å². The summed E-state index contributed by atoms with van der Waals surface area (Å²) in [5.41, 5.74) is 13.6. The third-order valence-electron chi connectivity index (χ3n) is 7.65. The van der Waals surface area contributed by atoms with Crippen LogP contribution in [0.1, 0.15) is 56.7 Å². The molecule has 1 heteroatoms. The summed E-state index contributed by atoms with van der Waals surface area (Å²) in [6.45, 7) is 2.21. The van der Waals surface area contributed by atoms with E-state index in [0.29, 0.717) is 5.78 Å². The summed E-state index contributed by atoms with van der Waals surface area (Å²) < 4.78 is 0. The van der Waals surface area contributed by atoms with Gasteiger partial charge in [0.05, 0.1) is 11.8 Å². The molecule has 4 aliphatic rings. The van der Waals surface area contributed by atoms with Crippen LogP contribution in [-0.2, 0) is 17.6 Å². The van der Waals surface area contributed by atoms with Crippen molar-refractivity contribution in [2.45, 2.75) is 37.5 Å². The Balaban J connectivity index is 1.56. The zero-order valence-corrected chi connectivity index (χ0v) is 17.0. The first-order chi connectivity index (χ1) is 14.7. The molecule has 0 aliphatic heterocycles. The molecule has 3 aromatic carbocycles. The summed E-state index contributed by atoms with van der Waals surface area (Å²) >= 11 is 0. The number of fused-ring (bicyclic) bond motifs is 3. The number of Topliss-reactive ketones (excluding diaryl/α,β-unsaturated/α-hetero) is 1. The molecule has 0 saturated heterocycles. The molecule has 1 nitrogen and oxygen atoms in total. The Morgan fingerprint density at radius 3 is 2.47 bits per heavy atom. The van der Waals surface area contributed by atoms with Gasteiger partial charge in [-0.2, -0.15) is 0 Å². The van der Waals surface area contributed by atoms with Gasteiger partial charge in [0.25, 0.3) is 0 Å². The maximum atomic E-state index is 14.1. The van der Waals surface area contributed by atoms with E-state index in [1.165, 1.54) is 50.1 Å². The molecule has 3 unspecified atom stereocenters. The molecule has 0 amide bonds. The van der Waals surface area contributed by atoms with Crippen molar-refractivity contribution in [3.05, 3.63) is 123 Å². The molecular weight excluding hydrogens is 364 g/mol. The molecule has 0 radical (unpaired) electrons. The molecule has 144 valence electrons. The second-order valence-electron chi connectivity index (χ2n) is 9.22. The highest BCUT2D eigenvalue weighted by molar-refractivity contribution is 6.06. The molecule has 3 atom stereocenters. The standard InChI is InChI=1S/C29H22O/c1-16-13-18-11-12-22-25(17-7-3-2-4-8-17)29(30)28-21-10-6-5-9-20(21)23-15-19(14-16)24(18)26(22)27(23)28/h2-10,12-14,25-26,28H,11,15H2,1H3. The van der Waals surface area contributed by atoms with E-state index in [1.54, 1.807) is 0 Å². The van der Waals surface area contributed by atoms with Crippen molar-refractivity contribution in [1.82, 2.24) is 0 Å². The zero-order valence-electron chi connectivity index (χ0n) is 17.0. The number of allylic oxidation sites excluding steroid dienone is 4. The van der Waals surface area contributed by atoms with E-state index >= 15 is 0 Å². The van der Waals surface area contributed by atoms with Crippen molar-refractivity contribution in [2.24, 2.45) is 0 Å². The van der Waals surface area contributed by atoms with Gasteiger partial charge in [0.2, 0.25) is 0 Å². The number of carbonyl (C=O) groups is 1. The Hall–Kier alpha value is -3.19. The van der Waals surface area contributed by atoms with Crippen molar-refractivity contribution in [2.75, 3.05) is 0 Å². The highest BCUT2D eigenvalue weighted by Gasteiger charge is 2.52. The third-order valence-corrected chi connectivity index (χ3v) is 7.65. The van der Waals surface area contributed by atoms with Crippen molar-refractivity contribution >= 4 is 11.4 Å². The lowest BCUT2D eigenvalue weighted by Gasteiger charge is -2.44. The fourth-order valence-corrected chi connectivity index (χ4v) is 6.66. The molecule has 3 aromatic rings. The van der Waals surface area contributed by atoms with Gasteiger partial charge in [0, 0.05) is 5.92 Å². The van der Waals surface area contributed by atoms with Crippen LogP contribution in [0.25, 0.3) is 5.57 Å². The fourth-order valence-electron chi connectivity index (χ4n) is 6.66. The van der Waals surface area contributed by atoms with Crippen molar-refractivity contribution in [3.63, 3.8) is 0 Å². The van der Waals surface area contributed by atoms with Gasteiger partial charge in [-0.05, 0) is 69.9 Å². The number of carbonyl (C=O) groups excluding carboxylic acids is 1. The summed E-state index contributed by atoms with van der Waals surface area (Å²) in [4.78, 5) is 14.1. The molecule has 30 heavy (non-hydrogen) atoms. The summed E-state index contributed by atoms with van der Waals surface area (Å²) in [6, 6.07) is 23.8. The summed E-state index contributed by atoms with van der Waals surface area (Å²) in [7, 11) is 0. The highest BCUT2D eigenvalue weighted by atomic mass is 16.1. The van der Waals surface area contributed by atoms with E-state index < -0.39 is 0 Å². The Morgan fingerprint density at radius 1 is 0.833 bits per heavy atom. The van der Waals surface area contributed by atoms with Crippen LogP contribution in [0.5, 0.6) is 0 Å². The second kappa shape index (κ2) is 5.70. The van der Waals surface area contributed by atoms with Gasteiger partial charge in [0.15, 0.2) is 5.78 Å². The van der Waals surface area contributed by atoms with Crippen molar-refractivity contribution in [3.8, 4) is 0 Å². The minimum Gasteiger partial charge on any atom is -0.298 e. The van der Waals surface area contributed by atoms with E-state index in [2.05, 4.69) is 73.7 Å². The molecule has 0 aromatic heterocycles. The zero-order chi connectivity index (χ0) is 20.0. The van der Waals surface area contributed by atoms with Crippen molar-refractivity contribution in [1.29, 1.82) is 0 Å². The molecule has 1 saturated carbocycles. The predicted molar refractivity (Wildman–Crippen MR) is 120 cm³/mol. The first-order valence-corrected chi connectivity index (χ1v) is 11.0. The monoisotopic (exact) mass is 386 g/mol. The van der Waals surface area contributed by atoms with Gasteiger partial charge in [-0.25, -0.2) is 0 Å². The van der Waals surface area contributed by atoms with E-state index in [0.717, 1.165) is 18.4 Å². The van der Waals surface area contributed by atoms with E-state index in [1.807, 2.05) is 6.07 Å². The Morgan fingerprint density at radius 2 is 1.60 bits per heavy atom. The minimum atomic E-state index is -0.141. The average Bonchev–Trinajstić information content (AvgIpc) is 3.10. The van der Waals surface area contributed by atoms with E-state index in [-0.39, 0.29) is 17.8 Å². The molecule has 0 bridgehead atoms. The Labute approximate surface area is 176 Å². The highest BCUT2D eigenvalue weighted by Crippen LogP contribution is 2.63. The molecule has 0 N–H and O–H groups in total. The summed E-state index contributed by atoms with van der Waals surface area (Å²) in [5, 5.41) is 0. The van der Waals surface area contributed by atoms with Crippen LogP contribution in [0.2, 0.25) is 0 Å². The van der Waals surface area contributed by atoms with Gasteiger partial charge >= 0.3 is 0 Å². The lowest BCUT2D eigenvalue weighted by Crippen LogP contribution is -2.36. The maximum Gasteiger partial charge on any atom is 0.155 e.